The molecule has 4 nitrogen and oxygen atoms in total. The van der Waals surface area contributed by atoms with Gasteiger partial charge in [-0.1, -0.05) is 46.3 Å². The molecule has 2 aromatic rings. The standard InChI is InChI=1S/C20H22BrFN2O2/c1-23(14-15-6-8-16(21)9-7-15)20(25)19(24-10-12-26-13-11-24)17-4-2-3-5-18(17)22/h2-9,19H,10-14H2,1H3/t19-/m0/s1. The number of nitrogens with zero attached hydrogens (tertiary/aromatic N) is 2. The number of carbonyl (C=O) groups is 1. The van der Waals surface area contributed by atoms with Crippen LogP contribution in [0.4, 0.5) is 4.39 Å². The Bertz CT molecular complexity index is 748. The van der Waals surface area contributed by atoms with Crippen molar-refractivity contribution in [3.05, 3.63) is 69.9 Å². The molecule has 26 heavy (non-hydrogen) atoms. The molecule has 138 valence electrons. The van der Waals surface area contributed by atoms with Crippen LogP contribution in [0.15, 0.2) is 53.0 Å². The maximum Gasteiger partial charge on any atom is 0.244 e. The fraction of sp³-hybridized carbons (Fsp3) is 0.350. The molecule has 0 spiro atoms. The molecule has 6 heteroatoms. The number of morpholine rings is 1. The predicted molar refractivity (Wildman–Crippen MR) is 102 cm³/mol. The zero-order chi connectivity index (χ0) is 18.5. The molecule has 0 N–H and O–H groups in total. The van der Waals surface area contributed by atoms with Crippen LogP contribution in [0.2, 0.25) is 0 Å². The van der Waals surface area contributed by atoms with E-state index in [1.165, 1.54) is 6.07 Å². The molecular formula is C20H22BrFN2O2. The van der Waals surface area contributed by atoms with E-state index in [0.717, 1.165) is 10.0 Å². The summed E-state index contributed by atoms with van der Waals surface area (Å²) in [5, 5.41) is 0. The summed E-state index contributed by atoms with van der Waals surface area (Å²) < 4.78 is 20.8. The molecular weight excluding hydrogens is 399 g/mol. The van der Waals surface area contributed by atoms with Crippen LogP contribution in [-0.2, 0) is 16.1 Å². The number of hydrogen-bond acceptors (Lipinski definition) is 3. The summed E-state index contributed by atoms with van der Waals surface area (Å²) in [4.78, 5) is 16.9. The minimum atomic E-state index is -0.638. The number of likely N-dealkylation sites (N-methyl/N-ethyl adjacent to an activating group) is 1. The van der Waals surface area contributed by atoms with Gasteiger partial charge in [0.25, 0.3) is 0 Å². The summed E-state index contributed by atoms with van der Waals surface area (Å²) in [6.07, 6.45) is 0. The van der Waals surface area contributed by atoms with Crippen molar-refractivity contribution in [3.63, 3.8) is 0 Å². The smallest absolute Gasteiger partial charge is 0.244 e. The molecule has 1 amide bonds. The van der Waals surface area contributed by atoms with Crippen molar-refractivity contribution in [1.82, 2.24) is 9.80 Å². The normalized spacial score (nSPS) is 16.3. The van der Waals surface area contributed by atoms with Gasteiger partial charge in [0, 0.05) is 36.7 Å². The Morgan fingerprint density at radius 1 is 1.19 bits per heavy atom. The molecule has 1 atom stereocenters. The SMILES string of the molecule is CN(Cc1ccc(Br)cc1)C(=O)[C@H](c1ccccc1F)N1CCOCC1. The van der Waals surface area contributed by atoms with Crippen molar-refractivity contribution in [3.8, 4) is 0 Å². The first-order chi connectivity index (χ1) is 12.6. The third-order valence-corrected chi connectivity index (χ3v) is 5.08. The number of rotatable bonds is 5. The van der Waals surface area contributed by atoms with Gasteiger partial charge < -0.3 is 9.64 Å². The van der Waals surface area contributed by atoms with E-state index in [9.17, 15) is 9.18 Å². The van der Waals surface area contributed by atoms with Crippen LogP contribution < -0.4 is 0 Å². The molecule has 3 rings (SSSR count). The molecule has 0 aliphatic carbocycles. The first kappa shape index (κ1) is 19.0. The summed E-state index contributed by atoms with van der Waals surface area (Å²) >= 11 is 3.41. The Morgan fingerprint density at radius 2 is 1.85 bits per heavy atom. The van der Waals surface area contributed by atoms with E-state index in [0.29, 0.717) is 38.4 Å². The molecule has 2 aromatic carbocycles. The Kier molecular flexibility index (Phi) is 6.40. The van der Waals surface area contributed by atoms with Crippen molar-refractivity contribution in [2.45, 2.75) is 12.6 Å². The van der Waals surface area contributed by atoms with E-state index >= 15 is 0 Å². The van der Waals surface area contributed by atoms with E-state index in [1.54, 1.807) is 30.1 Å². The van der Waals surface area contributed by atoms with Gasteiger partial charge in [-0.15, -0.1) is 0 Å². The second-order valence-corrected chi connectivity index (χ2v) is 7.31. The highest BCUT2D eigenvalue weighted by Crippen LogP contribution is 2.27. The van der Waals surface area contributed by atoms with Crippen LogP contribution in [0, 0.1) is 5.82 Å². The lowest BCUT2D eigenvalue weighted by Crippen LogP contribution is -2.46. The first-order valence-corrected chi connectivity index (χ1v) is 9.41. The van der Waals surface area contributed by atoms with Crippen LogP contribution in [0.25, 0.3) is 0 Å². The van der Waals surface area contributed by atoms with Gasteiger partial charge in [0.15, 0.2) is 0 Å². The molecule has 0 saturated carbocycles. The Morgan fingerprint density at radius 3 is 2.50 bits per heavy atom. The number of halogens is 2. The second kappa shape index (κ2) is 8.75. The lowest BCUT2D eigenvalue weighted by Gasteiger charge is -2.36. The van der Waals surface area contributed by atoms with Gasteiger partial charge in [-0.05, 0) is 23.8 Å². The third kappa shape index (κ3) is 4.50. The average molecular weight is 421 g/mol. The van der Waals surface area contributed by atoms with E-state index in [4.69, 9.17) is 4.74 Å². The summed E-state index contributed by atoms with van der Waals surface area (Å²) in [5.41, 5.74) is 1.44. The largest absolute Gasteiger partial charge is 0.379 e. The van der Waals surface area contributed by atoms with E-state index in [2.05, 4.69) is 15.9 Å². The molecule has 1 aliphatic heterocycles. The van der Waals surface area contributed by atoms with Crippen molar-refractivity contribution in [2.75, 3.05) is 33.4 Å². The lowest BCUT2D eigenvalue weighted by molar-refractivity contribution is -0.138. The molecule has 0 radical (unpaired) electrons. The van der Waals surface area contributed by atoms with Gasteiger partial charge in [-0.2, -0.15) is 0 Å². The number of carbonyl (C=O) groups excluding carboxylic acids is 1. The minimum absolute atomic E-state index is 0.111. The van der Waals surface area contributed by atoms with E-state index in [1.807, 2.05) is 29.2 Å². The van der Waals surface area contributed by atoms with Gasteiger partial charge in [0.1, 0.15) is 11.9 Å². The first-order valence-electron chi connectivity index (χ1n) is 8.62. The van der Waals surface area contributed by atoms with E-state index in [-0.39, 0.29) is 11.7 Å². The van der Waals surface area contributed by atoms with Crippen molar-refractivity contribution in [1.29, 1.82) is 0 Å². The number of amides is 1. The van der Waals surface area contributed by atoms with Crippen LogP contribution in [-0.4, -0.2) is 49.1 Å². The van der Waals surface area contributed by atoms with Crippen LogP contribution in [0.1, 0.15) is 17.2 Å². The fourth-order valence-corrected chi connectivity index (χ4v) is 3.43. The van der Waals surface area contributed by atoms with Crippen LogP contribution in [0.3, 0.4) is 0 Å². The van der Waals surface area contributed by atoms with Crippen molar-refractivity contribution in [2.24, 2.45) is 0 Å². The quantitative estimate of drug-likeness (QED) is 0.740. The topological polar surface area (TPSA) is 32.8 Å². The zero-order valence-corrected chi connectivity index (χ0v) is 16.3. The van der Waals surface area contributed by atoms with Crippen LogP contribution in [0.5, 0.6) is 0 Å². The van der Waals surface area contributed by atoms with Crippen molar-refractivity contribution >= 4 is 21.8 Å². The number of hydrogen-bond donors (Lipinski definition) is 0. The van der Waals surface area contributed by atoms with Gasteiger partial charge in [-0.25, -0.2) is 4.39 Å². The highest BCUT2D eigenvalue weighted by molar-refractivity contribution is 9.10. The predicted octanol–water partition coefficient (Wildman–Crippen LogP) is 3.62. The molecule has 1 saturated heterocycles. The van der Waals surface area contributed by atoms with Crippen LogP contribution >= 0.6 is 15.9 Å². The summed E-state index contributed by atoms with van der Waals surface area (Å²) in [7, 11) is 1.76. The fourth-order valence-electron chi connectivity index (χ4n) is 3.17. The molecule has 0 aromatic heterocycles. The Hall–Kier alpha value is -1.76. The molecule has 1 aliphatic rings. The van der Waals surface area contributed by atoms with Crippen molar-refractivity contribution < 1.29 is 13.9 Å². The molecule has 1 heterocycles. The Balaban J connectivity index is 1.84. The number of ether oxygens (including phenoxy) is 1. The van der Waals surface area contributed by atoms with Gasteiger partial charge in [0.2, 0.25) is 5.91 Å². The lowest BCUT2D eigenvalue weighted by atomic mass is 10.0. The zero-order valence-electron chi connectivity index (χ0n) is 14.7. The van der Waals surface area contributed by atoms with E-state index < -0.39 is 6.04 Å². The molecule has 0 bridgehead atoms. The Labute approximate surface area is 161 Å². The summed E-state index contributed by atoms with van der Waals surface area (Å²) in [6, 6.07) is 13.7. The second-order valence-electron chi connectivity index (χ2n) is 6.39. The van der Waals surface area contributed by atoms with Gasteiger partial charge in [0.05, 0.1) is 13.2 Å². The summed E-state index contributed by atoms with van der Waals surface area (Å²) in [6.45, 7) is 2.79. The van der Waals surface area contributed by atoms with Gasteiger partial charge in [-0.3, -0.25) is 9.69 Å². The molecule has 1 fully saturated rings. The molecule has 0 unspecified atom stereocenters. The maximum absolute atomic E-state index is 14.5. The summed E-state index contributed by atoms with van der Waals surface area (Å²) in [5.74, 6) is -0.464. The highest BCUT2D eigenvalue weighted by atomic mass is 79.9. The monoisotopic (exact) mass is 420 g/mol. The third-order valence-electron chi connectivity index (χ3n) is 4.55. The average Bonchev–Trinajstić information content (AvgIpc) is 2.66. The van der Waals surface area contributed by atoms with Gasteiger partial charge >= 0.3 is 0 Å². The maximum atomic E-state index is 14.5. The minimum Gasteiger partial charge on any atom is -0.379 e. The highest BCUT2D eigenvalue weighted by Gasteiger charge is 2.32. The number of benzene rings is 2.